The van der Waals surface area contributed by atoms with Crippen LogP contribution in [-0.4, -0.2) is 56.1 Å². The second-order valence-corrected chi connectivity index (χ2v) is 8.96. The minimum atomic E-state index is -0.127. The molecule has 2 aliphatic heterocycles. The van der Waals surface area contributed by atoms with Gasteiger partial charge in [0.2, 0.25) is 6.79 Å². The highest BCUT2D eigenvalue weighted by atomic mass is 16.7. The van der Waals surface area contributed by atoms with Gasteiger partial charge in [-0.3, -0.25) is 9.69 Å². The number of hydrogen-bond donors (Lipinski definition) is 1. The molecular formula is C25H26N6O4. The number of ether oxygens (including phenoxy) is 3. The van der Waals surface area contributed by atoms with Crippen molar-refractivity contribution < 1.29 is 14.2 Å². The molecule has 10 nitrogen and oxygen atoms in total. The van der Waals surface area contributed by atoms with Gasteiger partial charge in [-0.05, 0) is 41.0 Å². The van der Waals surface area contributed by atoms with Gasteiger partial charge in [-0.2, -0.15) is 0 Å². The molecule has 1 atom stereocenters. The van der Waals surface area contributed by atoms with Crippen LogP contribution in [-0.2, 0) is 24.4 Å². The fourth-order valence-electron chi connectivity index (χ4n) is 4.68. The molecule has 10 heteroatoms. The molecule has 2 aliphatic rings. The van der Waals surface area contributed by atoms with Crippen molar-refractivity contribution in [2.75, 3.05) is 19.9 Å². The smallest absolute Gasteiger partial charge is 0.252 e. The third kappa shape index (κ3) is 4.75. The van der Waals surface area contributed by atoms with Crippen LogP contribution in [0, 0.1) is 0 Å². The molecule has 0 bridgehead atoms. The van der Waals surface area contributed by atoms with Crippen molar-refractivity contribution in [2.45, 2.75) is 38.6 Å². The Kier molecular flexibility index (Phi) is 5.89. The summed E-state index contributed by atoms with van der Waals surface area (Å²) < 4.78 is 18.7. The number of aromatic nitrogens is 5. The summed E-state index contributed by atoms with van der Waals surface area (Å²) in [5.74, 6) is 2.07. The lowest BCUT2D eigenvalue weighted by Gasteiger charge is -2.24. The van der Waals surface area contributed by atoms with Gasteiger partial charge < -0.3 is 19.2 Å². The van der Waals surface area contributed by atoms with Crippen molar-refractivity contribution in [1.29, 1.82) is 0 Å². The van der Waals surface area contributed by atoms with E-state index in [1.165, 1.54) is 0 Å². The first-order chi connectivity index (χ1) is 17.2. The Morgan fingerprint density at radius 2 is 1.94 bits per heavy atom. The van der Waals surface area contributed by atoms with Crippen molar-refractivity contribution in [3.8, 4) is 11.5 Å². The lowest BCUT2D eigenvalue weighted by atomic mass is 10.1. The molecule has 1 fully saturated rings. The molecule has 0 amide bonds. The van der Waals surface area contributed by atoms with Gasteiger partial charge in [-0.1, -0.05) is 30.3 Å². The highest BCUT2D eigenvalue weighted by Gasteiger charge is 2.23. The van der Waals surface area contributed by atoms with Crippen LogP contribution in [0.3, 0.4) is 0 Å². The summed E-state index contributed by atoms with van der Waals surface area (Å²) in [4.78, 5) is 18.2. The van der Waals surface area contributed by atoms with Gasteiger partial charge in [0.15, 0.2) is 17.3 Å². The first-order valence-corrected chi connectivity index (χ1v) is 11.8. The SMILES string of the molecule is O=c1[nH]c2cc3c(cc2cc1CN(Cc1nnnn1Cc1ccccc1)CC1CCCO1)OCO3. The van der Waals surface area contributed by atoms with Crippen LogP contribution in [0.25, 0.3) is 10.9 Å². The molecule has 4 aromatic rings. The molecule has 1 saturated heterocycles. The Labute approximate surface area is 201 Å². The highest BCUT2D eigenvalue weighted by Crippen LogP contribution is 2.35. The number of rotatable bonds is 8. The number of tetrazole rings is 1. The topological polar surface area (TPSA) is 107 Å². The predicted molar refractivity (Wildman–Crippen MR) is 127 cm³/mol. The van der Waals surface area contributed by atoms with E-state index in [4.69, 9.17) is 14.2 Å². The normalized spacial score (nSPS) is 17.0. The zero-order valence-corrected chi connectivity index (χ0v) is 19.2. The lowest BCUT2D eigenvalue weighted by molar-refractivity contribution is 0.0663. The zero-order chi connectivity index (χ0) is 23.6. The minimum absolute atomic E-state index is 0.127. The molecule has 4 heterocycles. The molecule has 2 aromatic carbocycles. The number of hydrogen-bond acceptors (Lipinski definition) is 8. The summed E-state index contributed by atoms with van der Waals surface area (Å²) in [5.41, 5.74) is 2.38. The maximum Gasteiger partial charge on any atom is 0.252 e. The zero-order valence-electron chi connectivity index (χ0n) is 19.2. The van der Waals surface area contributed by atoms with E-state index in [1.807, 2.05) is 41.1 Å². The summed E-state index contributed by atoms with van der Waals surface area (Å²) in [6.45, 7) is 3.18. The quantitative estimate of drug-likeness (QED) is 0.415. The van der Waals surface area contributed by atoms with Crippen molar-refractivity contribution in [3.63, 3.8) is 0 Å². The molecule has 6 rings (SSSR count). The Bertz CT molecular complexity index is 1380. The monoisotopic (exact) mass is 474 g/mol. The number of nitrogens with one attached hydrogen (secondary N) is 1. The maximum absolute atomic E-state index is 13.0. The average molecular weight is 475 g/mol. The van der Waals surface area contributed by atoms with E-state index < -0.39 is 0 Å². The number of H-pyrrole nitrogens is 1. The van der Waals surface area contributed by atoms with Crippen LogP contribution in [0.5, 0.6) is 11.5 Å². The number of nitrogens with zero attached hydrogens (tertiary/aromatic N) is 5. The summed E-state index contributed by atoms with van der Waals surface area (Å²) in [7, 11) is 0. The predicted octanol–water partition coefficient (Wildman–Crippen LogP) is 2.47. The van der Waals surface area contributed by atoms with E-state index in [-0.39, 0.29) is 18.5 Å². The summed E-state index contributed by atoms with van der Waals surface area (Å²) in [6, 6.07) is 15.7. The van der Waals surface area contributed by atoms with Gasteiger partial charge in [-0.25, -0.2) is 4.68 Å². The minimum Gasteiger partial charge on any atom is -0.454 e. The van der Waals surface area contributed by atoms with Gasteiger partial charge in [0.1, 0.15) is 0 Å². The highest BCUT2D eigenvalue weighted by molar-refractivity contribution is 5.83. The van der Waals surface area contributed by atoms with Crippen molar-refractivity contribution in [3.05, 3.63) is 75.8 Å². The second-order valence-electron chi connectivity index (χ2n) is 8.96. The van der Waals surface area contributed by atoms with Crippen LogP contribution >= 0.6 is 0 Å². The lowest BCUT2D eigenvalue weighted by Crippen LogP contribution is -2.34. The van der Waals surface area contributed by atoms with Gasteiger partial charge in [0, 0.05) is 36.7 Å². The van der Waals surface area contributed by atoms with Crippen LogP contribution in [0.1, 0.15) is 29.8 Å². The molecule has 180 valence electrons. The number of fused-ring (bicyclic) bond motifs is 2. The van der Waals surface area contributed by atoms with E-state index in [9.17, 15) is 4.79 Å². The maximum atomic E-state index is 13.0. The molecule has 0 radical (unpaired) electrons. The third-order valence-corrected chi connectivity index (χ3v) is 6.44. The van der Waals surface area contributed by atoms with Gasteiger partial charge in [0.25, 0.3) is 5.56 Å². The Morgan fingerprint density at radius 3 is 2.77 bits per heavy atom. The first-order valence-electron chi connectivity index (χ1n) is 11.8. The fourth-order valence-corrected chi connectivity index (χ4v) is 4.68. The van der Waals surface area contributed by atoms with E-state index in [1.54, 1.807) is 0 Å². The number of pyridine rings is 1. The van der Waals surface area contributed by atoms with Crippen LogP contribution in [0.15, 0.2) is 53.3 Å². The van der Waals surface area contributed by atoms with Crippen LogP contribution in [0.4, 0.5) is 0 Å². The van der Waals surface area contributed by atoms with Crippen LogP contribution < -0.4 is 15.0 Å². The molecule has 0 saturated carbocycles. The average Bonchev–Trinajstić information content (AvgIpc) is 3.62. The summed E-state index contributed by atoms with van der Waals surface area (Å²) >= 11 is 0. The molecule has 2 aromatic heterocycles. The van der Waals surface area contributed by atoms with Gasteiger partial charge >= 0.3 is 0 Å². The molecule has 1 unspecified atom stereocenters. The van der Waals surface area contributed by atoms with E-state index in [0.29, 0.717) is 43.2 Å². The van der Waals surface area contributed by atoms with E-state index >= 15 is 0 Å². The molecular weight excluding hydrogens is 448 g/mol. The van der Waals surface area contributed by atoms with Crippen molar-refractivity contribution in [1.82, 2.24) is 30.1 Å². The van der Waals surface area contributed by atoms with Crippen molar-refractivity contribution >= 4 is 10.9 Å². The summed E-state index contributed by atoms with van der Waals surface area (Å²) in [5, 5.41) is 13.3. The first kappa shape index (κ1) is 21.8. The fraction of sp³-hybridized carbons (Fsp3) is 0.360. The standard InChI is InChI=1S/C25H26N6O4/c32-25-19(9-18-10-22-23(35-16-34-22)11-21(18)26-25)13-30(14-20-7-4-8-33-20)15-24-27-28-29-31(24)12-17-5-2-1-3-6-17/h1-3,5-6,9-11,20H,4,7-8,12-16H2,(H,26,32). The Morgan fingerprint density at radius 1 is 1.09 bits per heavy atom. The molecule has 1 N–H and O–H groups in total. The number of benzene rings is 2. The molecule has 0 aliphatic carbocycles. The van der Waals surface area contributed by atoms with E-state index in [0.717, 1.165) is 41.7 Å². The van der Waals surface area contributed by atoms with E-state index in [2.05, 4.69) is 37.5 Å². The van der Waals surface area contributed by atoms with Crippen LogP contribution in [0.2, 0.25) is 0 Å². The third-order valence-electron chi connectivity index (χ3n) is 6.44. The number of aromatic amines is 1. The Balaban J connectivity index is 1.27. The summed E-state index contributed by atoms with van der Waals surface area (Å²) in [6.07, 6.45) is 2.18. The molecule has 35 heavy (non-hydrogen) atoms. The second kappa shape index (κ2) is 9.47. The largest absolute Gasteiger partial charge is 0.454 e. The molecule has 0 spiro atoms. The van der Waals surface area contributed by atoms with Gasteiger partial charge in [-0.15, -0.1) is 5.10 Å². The van der Waals surface area contributed by atoms with Crippen molar-refractivity contribution in [2.24, 2.45) is 0 Å². The van der Waals surface area contributed by atoms with Gasteiger partial charge in [0.05, 0.1) is 24.7 Å². The Hall–Kier alpha value is -3.76.